The summed E-state index contributed by atoms with van der Waals surface area (Å²) in [5.74, 6) is 0.0179. The maximum Gasteiger partial charge on any atom is 0.270 e. The van der Waals surface area contributed by atoms with Crippen molar-refractivity contribution in [1.82, 2.24) is 9.47 Å². The third-order valence-electron chi connectivity index (χ3n) is 4.61. The second-order valence-electron chi connectivity index (χ2n) is 6.56. The lowest BCUT2D eigenvalue weighted by Crippen LogP contribution is -2.28. The van der Waals surface area contributed by atoms with E-state index in [9.17, 15) is 4.79 Å². The molecule has 27 heavy (non-hydrogen) atoms. The summed E-state index contributed by atoms with van der Waals surface area (Å²) >= 11 is 7.62. The van der Waals surface area contributed by atoms with Gasteiger partial charge in [-0.2, -0.15) is 0 Å². The Morgan fingerprint density at radius 3 is 2.52 bits per heavy atom. The van der Waals surface area contributed by atoms with Crippen LogP contribution >= 0.6 is 22.9 Å². The van der Waals surface area contributed by atoms with Crippen molar-refractivity contribution in [3.63, 3.8) is 0 Å². The topological polar surface area (TPSA) is 25.2 Å². The van der Waals surface area contributed by atoms with Crippen LogP contribution < -0.4 is 0 Å². The van der Waals surface area contributed by atoms with Gasteiger partial charge in [0.1, 0.15) is 5.69 Å². The highest BCUT2D eigenvalue weighted by atomic mass is 35.5. The van der Waals surface area contributed by atoms with Crippen LogP contribution in [0.2, 0.25) is 5.02 Å². The Bertz CT molecular complexity index is 1070. The first-order valence-electron chi connectivity index (χ1n) is 8.72. The van der Waals surface area contributed by atoms with Crippen molar-refractivity contribution >= 4 is 39.1 Å². The predicted octanol–water partition coefficient (Wildman–Crippen LogP) is 5.68. The van der Waals surface area contributed by atoms with Crippen LogP contribution in [0.4, 0.5) is 0 Å². The van der Waals surface area contributed by atoms with Crippen LogP contribution in [0.5, 0.6) is 0 Å². The van der Waals surface area contributed by atoms with E-state index in [-0.39, 0.29) is 5.91 Å². The summed E-state index contributed by atoms with van der Waals surface area (Å²) in [5, 5.41) is 2.77. The summed E-state index contributed by atoms with van der Waals surface area (Å²) in [6.45, 7) is 1.22. The number of hydrogen-bond donors (Lipinski definition) is 0. The first kappa shape index (κ1) is 17.8. The maximum atomic E-state index is 13.2. The van der Waals surface area contributed by atoms with E-state index >= 15 is 0 Å². The molecular weight excluding hydrogens is 376 g/mol. The molecule has 5 heteroatoms. The fraction of sp³-hybridized carbons (Fsp3) is 0.136. The number of fused-ring (bicyclic) bond motifs is 1. The molecule has 0 atom stereocenters. The number of hydrogen-bond acceptors (Lipinski definition) is 2. The van der Waals surface area contributed by atoms with Crippen molar-refractivity contribution < 1.29 is 4.79 Å². The van der Waals surface area contributed by atoms with Gasteiger partial charge >= 0.3 is 0 Å². The van der Waals surface area contributed by atoms with E-state index in [1.807, 2.05) is 55.6 Å². The van der Waals surface area contributed by atoms with Crippen LogP contribution in [0.25, 0.3) is 10.2 Å². The average Bonchev–Trinajstić information content (AvgIpc) is 3.26. The number of carbonyl (C=O) groups excluding carboxylic acids is 1. The Morgan fingerprint density at radius 1 is 1.04 bits per heavy atom. The lowest BCUT2D eigenvalue weighted by atomic mass is 10.2. The largest absolute Gasteiger partial charge is 0.336 e. The van der Waals surface area contributed by atoms with Crippen LogP contribution in [-0.2, 0) is 13.1 Å². The summed E-state index contributed by atoms with van der Waals surface area (Å²) in [7, 11) is 1.84. The van der Waals surface area contributed by atoms with Crippen molar-refractivity contribution in [2.45, 2.75) is 13.1 Å². The molecule has 4 rings (SSSR count). The number of nitrogens with zero attached hydrogens (tertiary/aromatic N) is 2. The monoisotopic (exact) mass is 394 g/mol. The van der Waals surface area contributed by atoms with Gasteiger partial charge in [-0.3, -0.25) is 4.79 Å². The number of carbonyl (C=O) groups is 1. The smallest absolute Gasteiger partial charge is 0.270 e. The second kappa shape index (κ2) is 7.59. The van der Waals surface area contributed by atoms with Gasteiger partial charge in [0.15, 0.2) is 0 Å². The van der Waals surface area contributed by atoms with E-state index in [4.69, 9.17) is 11.6 Å². The molecule has 4 aromatic rings. The zero-order chi connectivity index (χ0) is 18.8. The molecule has 0 radical (unpaired) electrons. The summed E-state index contributed by atoms with van der Waals surface area (Å²) in [6, 6.07) is 21.9. The summed E-state index contributed by atoms with van der Waals surface area (Å²) in [6.07, 6.45) is 0. The van der Waals surface area contributed by atoms with Crippen LogP contribution in [0.3, 0.4) is 0 Å². The molecule has 2 aromatic heterocycles. The molecular formula is C22H19ClN2OS. The fourth-order valence-electron chi connectivity index (χ4n) is 3.22. The minimum atomic E-state index is 0.0179. The Kier molecular flexibility index (Phi) is 5.01. The Labute approximate surface area is 167 Å². The van der Waals surface area contributed by atoms with E-state index in [1.165, 1.54) is 5.56 Å². The highest BCUT2D eigenvalue weighted by molar-refractivity contribution is 7.17. The minimum absolute atomic E-state index is 0.0179. The number of halogens is 1. The highest BCUT2D eigenvalue weighted by Crippen LogP contribution is 2.27. The third kappa shape index (κ3) is 3.77. The molecule has 2 heterocycles. The van der Waals surface area contributed by atoms with Crippen molar-refractivity contribution in [2.75, 3.05) is 7.05 Å². The van der Waals surface area contributed by atoms with E-state index in [0.29, 0.717) is 18.1 Å². The van der Waals surface area contributed by atoms with Crippen molar-refractivity contribution in [3.8, 4) is 0 Å². The van der Waals surface area contributed by atoms with Gasteiger partial charge in [0.25, 0.3) is 5.91 Å². The van der Waals surface area contributed by atoms with Gasteiger partial charge in [-0.1, -0.05) is 54.1 Å². The van der Waals surface area contributed by atoms with Gasteiger partial charge in [0.05, 0.1) is 10.2 Å². The fourth-order valence-corrected chi connectivity index (χ4v) is 4.17. The van der Waals surface area contributed by atoms with Gasteiger partial charge in [-0.05, 0) is 40.8 Å². The Morgan fingerprint density at radius 2 is 1.78 bits per heavy atom. The summed E-state index contributed by atoms with van der Waals surface area (Å²) in [5.41, 5.74) is 4.05. The molecule has 0 aliphatic carbocycles. The zero-order valence-electron chi connectivity index (χ0n) is 14.9. The van der Waals surface area contributed by atoms with Crippen LogP contribution in [-0.4, -0.2) is 22.4 Å². The lowest BCUT2D eigenvalue weighted by molar-refractivity contribution is 0.0775. The van der Waals surface area contributed by atoms with Crippen molar-refractivity contribution in [2.24, 2.45) is 0 Å². The van der Waals surface area contributed by atoms with E-state index in [1.54, 1.807) is 16.2 Å². The second-order valence-corrected chi connectivity index (χ2v) is 7.94. The molecule has 0 fully saturated rings. The van der Waals surface area contributed by atoms with E-state index in [2.05, 4.69) is 28.1 Å². The Hall–Kier alpha value is -2.56. The first-order chi connectivity index (χ1) is 13.1. The predicted molar refractivity (Wildman–Crippen MR) is 113 cm³/mol. The molecule has 0 aliphatic rings. The summed E-state index contributed by atoms with van der Waals surface area (Å²) < 4.78 is 3.25. The third-order valence-corrected chi connectivity index (χ3v) is 5.71. The highest BCUT2D eigenvalue weighted by Gasteiger charge is 2.20. The first-order valence-corrected chi connectivity index (χ1v) is 9.98. The molecule has 1 amide bonds. The molecule has 0 spiro atoms. The van der Waals surface area contributed by atoms with Crippen molar-refractivity contribution in [1.29, 1.82) is 0 Å². The average molecular weight is 395 g/mol. The van der Waals surface area contributed by atoms with Crippen LogP contribution in [0, 0.1) is 0 Å². The molecule has 0 N–H and O–H groups in total. The quantitative estimate of drug-likeness (QED) is 0.427. The zero-order valence-corrected chi connectivity index (χ0v) is 16.5. The molecule has 0 bridgehead atoms. The van der Waals surface area contributed by atoms with E-state index < -0.39 is 0 Å². The van der Waals surface area contributed by atoms with E-state index in [0.717, 1.165) is 21.5 Å². The van der Waals surface area contributed by atoms with Crippen LogP contribution in [0.15, 0.2) is 72.1 Å². The van der Waals surface area contributed by atoms with Gasteiger partial charge < -0.3 is 9.47 Å². The molecule has 2 aromatic carbocycles. The normalized spacial score (nSPS) is 11.0. The van der Waals surface area contributed by atoms with Gasteiger partial charge in [-0.15, -0.1) is 11.3 Å². The number of rotatable bonds is 5. The van der Waals surface area contributed by atoms with Crippen molar-refractivity contribution in [3.05, 3.63) is 94.0 Å². The minimum Gasteiger partial charge on any atom is -0.336 e. The van der Waals surface area contributed by atoms with Gasteiger partial charge in [-0.25, -0.2) is 0 Å². The molecule has 0 aliphatic heterocycles. The molecule has 0 unspecified atom stereocenters. The molecule has 0 saturated carbocycles. The Balaban J connectivity index is 1.63. The maximum absolute atomic E-state index is 13.2. The van der Waals surface area contributed by atoms with Gasteiger partial charge in [0, 0.05) is 25.2 Å². The molecule has 0 saturated heterocycles. The molecule has 3 nitrogen and oxygen atoms in total. The number of benzene rings is 2. The number of aromatic nitrogens is 1. The SMILES string of the molecule is CN(Cc1ccc(Cl)cc1)C(=O)c1cc2sccc2n1Cc1ccccc1. The standard InChI is InChI=1S/C22H19ClN2OS/c1-24(14-17-7-9-18(23)10-8-17)22(26)20-13-21-19(11-12-27-21)25(20)15-16-5-3-2-4-6-16/h2-13H,14-15H2,1H3. The van der Waals surface area contributed by atoms with Gasteiger partial charge in [0.2, 0.25) is 0 Å². The summed E-state index contributed by atoms with van der Waals surface area (Å²) in [4.78, 5) is 14.9. The molecule has 136 valence electrons. The number of thiophene rings is 1. The van der Waals surface area contributed by atoms with Crippen LogP contribution in [0.1, 0.15) is 21.6 Å². The number of amides is 1. The lowest BCUT2D eigenvalue weighted by Gasteiger charge is -2.19.